The molecule has 3 saturated heterocycles. The third-order valence-electron chi connectivity index (χ3n) is 20.9. The van der Waals surface area contributed by atoms with Gasteiger partial charge >= 0.3 is 0 Å². The Kier molecular flexibility index (Phi) is 40.9. The van der Waals surface area contributed by atoms with Crippen LogP contribution in [0.25, 0.3) is 0 Å². The van der Waals surface area contributed by atoms with Gasteiger partial charge in [0.1, 0.15) is 60.1 Å². The number of ketones is 2. The van der Waals surface area contributed by atoms with Crippen molar-refractivity contribution in [3.8, 4) is 5.75 Å². The molecule has 2 aromatic carbocycles. The number of hydrogen-bond acceptors (Lipinski definition) is 23. The van der Waals surface area contributed by atoms with Gasteiger partial charge in [-0.3, -0.25) is 62.9 Å². The molecule has 5 rings (SSSR count). The van der Waals surface area contributed by atoms with Crippen LogP contribution in [0.1, 0.15) is 181 Å². The SMILES string of the molecule is CC[C@H](C)C[C@H](C)CCCCCCCCC(=O)C[C@H]1C[C@@H](O)[C@@H](NCCNC(=O)CCNC(=O)[C@H](Cc2ccccc2)NC(=O)[C@H](CC(C)C)NC(=O)[C@H](CCSC)NC=O)NC(=O)[C@@H]2[C@@H](O)CCN2C(=O)[C@H]([C@H](O)CCN)NC(=O)[C@H]([C@H](O)[C@@H](O)c2ccc(O)cc2)CC(=O)[C@@H]2C[C@@H](O)CN2C(=O)[C@H]([C@@H](C)O)NC1=O. The number of thioether (sulfide) groups is 1. The van der Waals surface area contributed by atoms with Gasteiger partial charge in [-0.25, -0.2) is 0 Å². The molecule has 0 unspecified atom stereocenters. The molecule has 3 aliphatic heterocycles. The second-order valence-corrected chi connectivity index (χ2v) is 31.5. The standard InChI is InChI=1S/C78H124N12O20S/c1-8-46(4)37-47(5)18-14-11-9-10-12-17-21-53(94)39-51-40-63(99)70(81-33-32-80-64(100)27-31-82-73(105)58(38-49-19-15-13-16-20-49)85-75(107)57(36-45(2)3)84-74(106)56(83-44-91)29-35-111-7)88-76(108)67-61(97)28-34-89(67)78(110)66(60(96)26-30-79)87-72(104)55(69(102)68(101)50-22-24-52(93)25-23-50)42-62(98)59-41-54(95)43-90(59)77(109)65(48(6)92)86-71(51)103/h13,15-16,19-20,22-25,44-48,51,54-61,63,65-70,81,92-93,95-97,99,101-102H,8-12,14,17-18,21,26-43,79H2,1-7H3,(H,80,100)(H,82,105)(H,83,91)(H,84,106)(H,85,107)(H,86,103)(H,87,104)(H,88,108)/t46-,47+,48+,51-,54+,55-,56-,57-,58-,59-,60+,61-,63+,65-,66-,67-,68-,69-,70-/m0/s1. The Balaban J connectivity index is 1.46. The van der Waals surface area contributed by atoms with Crippen molar-refractivity contribution >= 4 is 82.9 Å². The number of Topliss-reactive ketones (excluding diaryl/α,β-unsaturated/α-hetero) is 2. The smallest absolute Gasteiger partial charge is 0.248 e. The minimum Gasteiger partial charge on any atom is -0.508 e. The van der Waals surface area contributed by atoms with Crippen molar-refractivity contribution in [2.45, 2.75) is 261 Å². The number of amides is 10. The number of phenolic OH excluding ortho intramolecular Hbond substituents is 1. The van der Waals surface area contributed by atoms with Crippen LogP contribution in [0.15, 0.2) is 54.6 Å². The van der Waals surface area contributed by atoms with Crippen LogP contribution < -0.4 is 53.6 Å². The molecule has 3 heterocycles. The van der Waals surface area contributed by atoms with Gasteiger partial charge in [-0.2, -0.15) is 11.8 Å². The highest BCUT2D eigenvalue weighted by Crippen LogP contribution is 2.31. The number of aromatic hydroxyl groups is 1. The van der Waals surface area contributed by atoms with Crippen LogP contribution in [-0.2, 0) is 64.0 Å². The van der Waals surface area contributed by atoms with Crippen LogP contribution in [0, 0.1) is 29.6 Å². The van der Waals surface area contributed by atoms with Crippen molar-refractivity contribution in [3.63, 3.8) is 0 Å². The number of nitrogens with two attached hydrogens (primary N) is 1. The monoisotopic (exact) mass is 1580 g/mol. The number of phenols is 1. The van der Waals surface area contributed by atoms with Crippen LogP contribution in [0.2, 0.25) is 0 Å². The number of aliphatic hydroxyl groups is 7. The van der Waals surface area contributed by atoms with Gasteiger partial charge in [0.15, 0.2) is 5.78 Å². The Morgan fingerprint density at radius 2 is 1.32 bits per heavy atom. The normalized spacial score (nSPS) is 24.2. The van der Waals surface area contributed by atoms with Gasteiger partial charge in [-0.1, -0.05) is 122 Å². The molecule has 3 aliphatic rings. The maximum atomic E-state index is 15.0. The lowest BCUT2D eigenvalue weighted by molar-refractivity contribution is -0.149. The summed E-state index contributed by atoms with van der Waals surface area (Å²) in [7, 11) is 0. The first-order valence-corrected chi connectivity index (χ1v) is 40.6. The van der Waals surface area contributed by atoms with Crippen LogP contribution in [0.3, 0.4) is 0 Å². The van der Waals surface area contributed by atoms with E-state index in [4.69, 9.17) is 5.73 Å². The number of unbranched alkanes of at least 4 members (excludes halogenated alkanes) is 5. The van der Waals surface area contributed by atoms with Gasteiger partial charge in [-0.15, -0.1) is 0 Å². The number of carbonyl (C=O) groups is 12. The van der Waals surface area contributed by atoms with E-state index in [0.717, 1.165) is 61.7 Å². The molecular weight excluding hydrogens is 1460 g/mol. The van der Waals surface area contributed by atoms with E-state index in [2.05, 4.69) is 68.6 Å². The van der Waals surface area contributed by atoms with Crippen LogP contribution in [0.5, 0.6) is 5.75 Å². The van der Waals surface area contributed by atoms with Crippen molar-refractivity contribution in [1.82, 2.24) is 57.7 Å². The maximum Gasteiger partial charge on any atom is 0.248 e. The van der Waals surface area contributed by atoms with Gasteiger partial charge in [-0.05, 0) is 111 Å². The predicted molar refractivity (Wildman–Crippen MR) is 414 cm³/mol. The molecule has 3 fully saturated rings. The number of hydrogen-bond donors (Lipinski definition) is 18. The number of rotatable bonds is 42. The average Bonchev–Trinajstić information content (AvgIpc) is 1.73. The van der Waals surface area contributed by atoms with Gasteiger partial charge in [0, 0.05) is 77.2 Å². The summed E-state index contributed by atoms with van der Waals surface area (Å²) in [6, 6.07) is 2.86. The molecule has 10 amide bonds. The van der Waals surface area contributed by atoms with E-state index in [-0.39, 0.29) is 88.5 Å². The molecule has 33 heteroatoms. The molecule has 0 aromatic heterocycles. The van der Waals surface area contributed by atoms with Crippen LogP contribution in [-0.4, -0.2) is 258 Å². The average molecular weight is 1580 g/mol. The van der Waals surface area contributed by atoms with Crippen molar-refractivity contribution < 1.29 is 98.4 Å². The minimum atomic E-state index is -2.23. The molecule has 111 heavy (non-hydrogen) atoms. The first-order chi connectivity index (χ1) is 52.8. The molecule has 0 spiro atoms. The van der Waals surface area contributed by atoms with Crippen molar-refractivity contribution in [2.75, 3.05) is 51.3 Å². The number of fused-ring (bicyclic) bond motifs is 2. The third-order valence-corrected chi connectivity index (χ3v) is 21.6. The van der Waals surface area contributed by atoms with E-state index in [1.807, 2.05) is 20.1 Å². The topological polar surface area (TPSA) is 507 Å². The van der Waals surface area contributed by atoms with Gasteiger partial charge in [0.25, 0.3) is 0 Å². The van der Waals surface area contributed by atoms with E-state index in [1.165, 1.54) is 36.0 Å². The Morgan fingerprint density at radius 3 is 1.97 bits per heavy atom. The third kappa shape index (κ3) is 30.6. The summed E-state index contributed by atoms with van der Waals surface area (Å²) in [5, 5.41) is 116. The second kappa shape index (κ2) is 48.4. The fourth-order valence-corrected chi connectivity index (χ4v) is 14.9. The summed E-state index contributed by atoms with van der Waals surface area (Å²) in [6.07, 6.45) is -7.10. The number of benzene rings is 2. The zero-order valence-electron chi connectivity index (χ0n) is 65.3. The van der Waals surface area contributed by atoms with Crippen molar-refractivity contribution in [2.24, 2.45) is 35.3 Å². The second-order valence-electron chi connectivity index (χ2n) is 30.5. The highest BCUT2D eigenvalue weighted by Gasteiger charge is 2.49. The van der Waals surface area contributed by atoms with Crippen LogP contribution >= 0.6 is 11.8 Å². The maximum absolute atomic E-state index is 15.0. The number of carbonyl (C=O) groups excluding carboxylic acids is 12. The highest BCUT2D eigenvalue weighted by atomic mass is 32.2. The number of nitrogens with zero attached hydrogens (tertiary/aromatic N) is 2. The molecule has 2 aromatic rings. The molecule has 0 bridgehead atoms. The van der Waals surface area contributed by atoms with E-state index in [0.29, 0.717) is 48.8 Å². The van der Waals surface area contributed by atoms with Crippen molar-refractivity contribution in [3.05, 3.63) is 65.7 Å². The zero-order chi connectivity index (χ0) is 82.0. The molecular formula is C78H124N12O20S. The summed E-state index contributed by atoms with van der Waals surface area (Å²) in [5.74, 6) is -11.9. The Hall–Kier alpha value is -7.73. The quantitative estimate of drug-likeness (QED) is 0.0299. The molecule has 19 N–H and O–H groups in total. The van der Waals surface area contributed by atoms with E-state index in [1.54, 1.807) is 30.3 Å². The Labute approximate surface area is 655 Å². The van der Waals surface area contributed by atoms with Gasteiger partial charge < -0.3 is 98.9 Å². The van der Waals surface area contributed by atoms with E-state index >= 15 is 4.79 Å². The highest BCUT2D eigenvalue weighted by molar-refractivity contribution is 7.98. The first kappa shape index (κ1) is 93.9. The lowest BCUT2D eigenvalue weighted by Gasteiger charge is -2.34. The van der Waals surface area contributed by atoms with E-state index in [9.17, 15) is 93.6 Å². The lowest BCUT2D eigenvalue weighted by Crippen LogP contribution is -2.63. The van der Waals surface area contributed by atoms with Crippen molar-refractivity contribution in [1.29, 1.82) is 0 Å². The summed E-state index contributed by atoms with van der Waals surface area (Å²) < 4.78 is 0. The van der Waals surface area contributed by atoms with Gasteiger partial charge in [0.05, 0.1) is 48.6 Å². The van der Waals surface area contributed by atoms with Crippen LogP contribution in [0.4, 0.5) is 0 Å². The fraction of sp³-hybridized carbons (Fsp3) is 0.692. The molecule has 32 nitrogen and oxygen atoms in total. The molecule has 0 aliphatic carbocycles. The largest absolute Gasteiger partial charge is 0.508 e. The summed E-state index contributed by atoms with van der Waals surface area (Å²) in [6.45, 7) is 9.52. The molecule has 0 radical (unpaired) electrons. The van der Waals surface area contributed by atoms with Gasteiger partial charge in [0.2, 0.25) is 59.6 Å². The lowest BCUT2D eigenvalue weighted by atomic mass is 9.86. The summed E-state index contributed by atoms with van der Waals surface area (Å²) in [5.41, 5.74) is 6.48. The number of aliphatic hydroxyl groups excluding tert-OH is 7. The summed E-state index contributed by atoms with van der Waals surface area (Å²) >= 11 is 1.47. The Bertz CT molecular complexity index is 3310. The summed E-state index contributed by atoms with van der Waals surface area (Å²) in [4.78, 5) is 172. The fourth-order valence-electron chi connectivity index (χ4n) is 14.4. The zero-order valence-corrected chi connectivity index (χ0v) is 66.1. The minimum absolute atomic E-state index is 0.00178. The first-order valence-electron chi connectivity index (χ1n) is 39.3. The predicted octanol–water partition coefficient (Wildman–Crippen LogP) is -0.341. The molecule has 622 valence electrons. The molecule has 0 saturated carbocycles. The number of nitrogens with one attached hydrogen (secondary N) is 9. The van der Waals surface area contributed by atoms with E-state index < -0.39 is 200 Å². The molecule has 19 atom stereocenters. The Morgan fingerprint density at radius 1 is 0.676 bits per heavy atom.